The molecule has 2 atom stereocenters. The van der Waals surface area contributed by atoms with Crippen molar-refractivity contribution in [2.75, 3.05) is 19.6 Å². The molecule has 3 aliphatic heterocycles. The first-order chi connectivity index (χ1) is 12.8. The van der Waals surface area contributed by atoms with E-state index in [1.807, 2.05) is 0 Å². The molecule has 2 fully saturated rings. The second kappa shape index (κ2) is 6.76. The molecular weight excluding hydrogens is 384 g/mol. The molecule has 1 aromatic heterocycles. The van der Waals surface area contributed by atoms with Gasteiger partial charge < -0.3 is 14.6 Å². The van der Waals surface area contributed by atoms with Crippen LogP contribution in [0.15, 0.2) is 16.7 Å². The second-order valence-electron chi connectivity index (χ2n) is 6.46. The molecule has 1 aromatic rings. The van der Waals surface area contributed by atoms with Gasteiger partial charge in [0.25, 0.3) is 5.91 Å². The van der Waals surface area contributed by atoms with Crippen LogP contribution in [0.5, 0.6) is 0 Å². The van der Waals surface area contributed by atoms with Crippen LogP contribution in [0, 0.1) is 0 Å². The molecule has 12 nitrogen and oxygen atoms in total. The third-order valence-electron chi connectivity index (χ3n) is 4.77. The molecule has 2 bridgehead atoms. The van der Waals surface area contributed by atoms with Crippen LogP contribution in [0.25, 0.3) is 0 Å². The number of fused-ring (bicyclic) bond motifs is 4. The van der Waals surface area contributed by atoms with Crippen LogP contribution in [0.2, 0.25) is 0 Å². The van der Waals surface area contributed by atoms with E-state index in [9.17, 15) is 18.0 Å². The number of carbonyl (C=O) groups excluding carboxylic acids is 2. The van der Waals surface area contributed by atoms with Gasteiger partial charge in [-0.2, -0.15) is 13.5 Å². The van der Waals surface area contributed by atoms with Gasteiger partial charge in [0.05, 0.1) is 18.9 Å². The number of nitrogens with zero attached hydrogens (tertiary/aromatic N) is 2. The van der Waals surface area contributed by atoms with Crippen molar-refractivity contribution in [3.8, 4) is 0 Å². The highest BCUT2D eigenvalue weighted by Crippen LogP contribution is 2.44. The van der Waals surface area contributed by atoms with E-state index in [0.717, 1.165) is 30.8 Å². The summed E-state index contributed by atoms with van der Waals surface area (Å²) in [5, 5.41) is 3.70. The Morgan fingerprint density at radius 3 is 2.81 bits per heavy atom. The van der Waals surface area contributed by atoms with Gasteiger partial charge in [0.1, 0.15) is 11.8 Å². The molecule has 4 rings (SSSR count). The molecule has 3 N–H and O–H groups in total. The average molecular weight is 402 g/mol. The van der Waals surface area contributed by atoms with E-state index in [0.29, 0.717) is 10.6 Å². The van der Waals surface area contributed by atoms with Gasteiger partial charge in [0.15, 0.2) is 6.04 Å². The Kier molecular flexibility index (Phi) is 4.55. The van der Waals surface area contributed by atoms with Crippen LogP contribution in [0.3, 0.4) is 0 Å². The lowest BCUT2D eigenvalue weighted by Crippen LogP contribution is -2.45. The molecule has 0 saturated carbocycles. The number of hydroxylamine groups is 3. The molecule has 0 radical (unpaired) electrons. The van der Waals surface area contributed by atoms with Crippen LogP contribution in [0.4, 0.5) is 4.79 Å². The Labute approximate surface area is 154 Å². The molecule has 148 valence electrons. The van der Waals surface area contributed by atoms with Gasteiger partial charge in [-0.05, 0) is 32.0 Å². The van der Waals surface area contributed by atoms with E-state index in [4.69, 9.17) is 13.8 Å². The van der Waals surface area contributed by atoms with Gasteiger partial charge in [0, 0.05) is 5.56 Å². The van der Waals surface area contributed by atoms with Gasteiger partial charge in [-0.25, -0.2) is 10.3 Å². The zero-order valence-corrected chi connectivity index (χ0v) is 14.8. The summed E-state index contributed by atoms with van der Waals surface area (Å²) in [6.45, 7) is 1.55. The zero-order valence-electron chi connectivity index (χ0n) is 14.0. The van der Waals surface area contributed by atoms with E-state index >= 15 is 0 Å². The standard InChI is InChI=1S/C14H18N4O8S/c19-13(16-25-8-1-4-15-5-2-8)11-12-9(3-6-24-12)10-7-17(11)14(20)18(10)26-27(21,22)23/h3,6,8,10-11,15H,1-2,4-5,7H2,(H,16,19)(H,21,22,23). The predicted molar refractivity (Wildman–Crippen MR) is 85.9 cm³/mol. The van der Waals surface area contributed by atoms with Gasteiger partial charge in [0.2, 0.25) is 0 Å². The molecule has 3 aliphatic rings. The summed E-state index contributed by atoms with van der Waals surface area (Å²) in [7, 11) is -4.91. The number of urea groups is 1. The number of carbonyl (C=O) groups is 2. The molecule has 4 heterocycles. The Hall–Kier alpha value is -2.19. The van der Waals surface area contributed by atoms with Gasteiger partial charge in [-0.3, -0.25) is 14.2 Å². The van der Waals surface area contributed by atoms with Crippen LogP contribution >= 0.6 is 0 Å². The van der Waals surface area contributed by atoms with Crippen LogP contribution in [0.1, 0.15) is 36.2 Å². The van der Waals surface area contributed by atoms with E-state index in [1.54, 1.807) is 0 Å². The lowest BCUT2D eigenvalue weighted by atomic mass is 9.98. The Balaban J connectivity index is 1.54. The first kappa shape index (κ1) is 18.2. The SMILES string of the molecule is O=C(NOC1CCNCC1)C1c2occc2C2CN1C(=O)N2OS(=O)(=O)O. The van der Waals surface area contributed by atoms with E-state index in [2.05, 4.69) is 15.1 Å². The van der Waals surface area contributed by atoms with Crippen LogP contribution in [-0.4, -0.2) is 60.6 Å². The van der Waals surface area contributed by atoms with E-state index < -0.39 is 34.4 Å². The fourth-order valence-electron chi connectivity index (χ4n) is 3.57. The maximum absolute atomic E-state index is 12.7. The van der Waals surface area contributed by atoms with E-state index in [-0.39, 0.29) is 18.4 Å². The lowest BCUT2D eigenvalue weighted by molar-refractivity contribution is -0.145. The summed E-state index contributed by atoms with van der Waals surface area (Å²) in [4.78, 5) is 31.8. The summed E-state index contributed by atoms with van der Waals surface area (Å²) >= 11 is 0. The molecule has 0 aliphatic carbocycles. The van der Waals surface area contributed by atoms with Crippen molar-refractivity contribution in [2.45, 2.75) is 31.0 Å². The summed E-state index contributed by atoms with van der Waals surface area (Å²) in [5.41, 5.74) is 2.79. The van der Waals surface area contributed by atoms with Crippen molar-refractivity contribution in [3.63, 3.8) is 0 Å². The minimum atomic E-state index is -4.91. The Morgan fingerprint density at radius 2 is 2.11 bits per heavy atom. The highest BCUT2D eigenvalue weighted by Gasteiger charge is 2.54. The van der Waals surface area contributed by atoms with Crippen LogP contribution < -0.4 is 10.8 Å². The fourth-order valence-corrected chi connectivity index (χ4v) is 3.94. The average Bonchev–Trinajstić information content (AvgIpc) is 3.20. The highest BCUT2D eigenvalue weighted by molar-refractivity contribution is 7.80. The smallest absolute Gasteiger partial charge is 0.418 e. The number of amides is 3. The lowest BCUT2D eigenvalue weighted by Gasteiger charge is -2.29. The number of piperidine rings is 1. The van der Waals surface area contributed by atoms with Crippen molar-refractivity contribution < 1.29 is 36.1 Å². The summed E-state index contributed by atoms with van der Waals surface area (Å²) in [6, 6.07) is -1.34. The van der Waals surface area contributed by atoms with Gasteiger partial charge in [-0.15, -0.1) is 4.28 Å². The molecular formula is C14H18N4O8S. The minimum absolute atomic E-state index is 0.00762. The van der Waals surface area contributed by atoms with Crippen molar-refractivity contribution in [1.29, 1.82) is 0 Å². The molecule has 27 heavy (non-hydrogen) atoms. The van der Waals surface area contributed by atoms with Crippen molar-refractivity contribution >= 4 is 22.3 Å². The molecule has 2 unspecified atom stereocenters. The topological polar surface area (TPSA) is 151 Å². The second-order valence-corrected chi connectivity index (χ2v) is 7.46. The predicted octanol–water partition coefficient (Wildman–Crippen LogP) is -0.353. The largest absolute Gasteiger partial charge is 0.466 e. The van der Waals surface area contributed by atoms with Crippen molar-refractivity contribution in [1.82, 2.24) is 20.8 Å². The highest BCUT2D eigenvalue weighted by atomic mass is 32.3. The summed E-state index contributed by atoms with van der Waals surface area (Å²) in [6.07, 6.45) is 2.66. The minimum Gasteiger partial charge on any atom is -0.466 e. The third kappa shape index (κ3) is 3.39. The Morgan fingerprint density at radius 1 is 1.37 bits per heavy atom. The number of furan rings is 1. The quantitative estimate of drug-likeness (QED) is 0.443. The first-order valence-electron chi connectivity index (χ1n) is 8.35. The molecule has 13 heteroatoms. The third-order valence-corrected chi connectivity index (χ3v) is 5.12. The monoisotopic (exact) mass is 402 g/mol. The normalized spacial score (nSPS) is 25.6. The summed E-state index contributed by atoms with van der Waals surface area (Å²) in [5.74, 6) is -0.433. The number of hydrogen-bond donors (Lipinski definition) is 3. The zero-order chi connectivity index (χ0) is 19.2. The molecule has 2 saturated heterocycles. The molecule has 0 aromatic carbocycles. The summed E-state index contributed by atoms with van der Waals surface area (Å²) < 4.78 is 40.8. The Bertz CT molecular complexity index is 849. The fraction of sp³-hybridized carbons (Fsp3) is 0.571. The molecule has 0 spiro atoms. The maximum atomic E-state index is 12.7. The van der Waals surface area contributed by atoms with Gasteiger partial charge in [-0.1, -0.05) is 0 Å². The van der Waals surface area contributed by atoms with Crippen LogP contribution in [-0.2, 0) is 24.3 Å². The first-order valence-corrected chi connectivity index (χ1v) is 9.72. The number of rotatable bonds is 5. The number of hydrogen-bond acceptors (Lipinski definition) is 8. The van der Waals surface area contributed by atoms with Gasteiger partial charge >= 0.3 is 16.4 Å². The maximum Gasteiger partial charge on any atom is 0.418 e. The van der Waals surface area contributed by atoms with E-state index in [1.165, 1.54) is 12.3 Å². The molecule has 3 amide bonds. The number of nitrogens with one attached hydrogen (secondary N) is 2. The van der Waals surface area contributed by atoms with Crippen molar-refractivity contribution in [2.24, 2.45) is 0 Å². The van der Waals surface area contributed by atoms with Crippen molar-refractivity contribution in [3.05, 3.63) is 23.7 Å².